The highest BCUT2D eigenvalue weighted by molar-refractivity contribution is 7.99. The number of unbranched alkanes of at least 4 members (excludes halogenated alkanes) is 3. The van der Waals surface area contributed by atoms with Gasteiger partial charge in [-0.05, 0) is 38.9 Å². The fourth-order valence-corrected chi connectivity index (χ4v) is 2.55. The predicted octanol–water partition coefficient (Wildman–Crippen LogP) is 5.04. The average Bonchev–Trinajstić information content (AvgIpc) is 2.21. The Hall–Kier alpha value is 0.0900. The Morgan fingerprint density at radius 1 is 1.14 bits per heavy atom. The van der Waals surface area contributed by atoms with E-state index < -0.39 is 0 Å². The molecule has 0 fully saturated rings. The zero-order valence-corrected chi connectivity index (χ0v) is 10.9. The van der Waals surface area contributed by atoms with E-state index in [0.717, 1.165) is 5.25 Å². The summed E-state index contributed by atoms with van der Waals surface area (Å²) in [6.45, 7) is 4.39. The van der Waals surface area contributed by atoms with Crippen LogP contribution in [0.4, 0.5) is 0 Å². The van der Waals surface area contributed by atoms with Gasteiger partial charge < -0.3 is 0 Å². The molecule has 0 spiro atoms. The Bertz CT molecular complexity index is 129. The van der Waals surface area contributed by atoms with Gasteiger partial charge in [0.2, 0.25) is 0 Å². The minimum absolute atomic E-state index is 0.918. The highest BCUT2D eigenvalue weighted by Gasteiger charge is 2.04. The van der Waals surface area contributed by atoms with Gasteiger partial charge in [0.1, 0.15) is 0 Å². The lowest BCUT2D eigenvalue weighted by Gasteiger charge is -2.12. The van der Waals surface area contributed by atoms with Crippen LogP contribution in [0.15, 0.2) is 12.2 Å². The molecular weight excluding hydrogens is 188 g/mol. The molecule has 0 aromatic rings. The second-order valence-electron chi connectivity index (χ2n) is 3.85. The summed E-state index contributed by atoms with van der Waals surface area (Å²) in [6, 6.07) is 0. The molecule has 0 saturated heterocycles. The van der Waals surface area contributed by atoms with E-state index in [1.54, 1.807) is 0 Å². The Morgan fingerprint density at radius 3 is 2.50 bits per heavy atom. The van der Waals surface area contributed by atoms with Crippen molar-refractivity contribution in [2.24, 2.45) is 0 Å². The standard InChI is InChI=1S/C13H26S/c1-4-6-7-8-9-10-12-13(14-3)11-5-2/h4,6,13H,5,7-12H2,1-3H3. The molecule has 0 aliphatic carbocycles. The van der Waals surface area contributed by atoms with Crippen LogP contribution < -0.4 is 0 Å². The molecule has 0 bridgehead atoms. The predicted molar refractivity (Wildman–Crippen MR) is 70.1 cm³/mol. The van der Waals surface area contributed by atoms with E-state index in [1.807, 2.05) is 11.8 Å². The zero-order valence-electron chi connectivity index (χ0n) is 10.1. The van der Waals surface area contributed by atoms with Gasteiger partial charge in [0.05, 0.1) is 0 Å². The quantitative estimate of drug-likeness (QED) is 0.382. The van der Waals surface area contributed by atoms with Crippen molar-refractivity contribution in [3.05, 3.63) is 12.2 Å². The fourth-order valence-electron chi connectivity index (χ4n) is 1.68. The Balaban J connectivity index is 3.23. The third kappa shape index (κ3) is 8.68. The molecule has 0 saturated carbocycles. The van der Waals surface area contributed by atoms with Crippen molar-refractivity contribution in [3.63, 3.8) is 0 Å². The van der Waals surface area contributed by atoms with Gasteiger partial charge in [-0.2, -0.15) is 11.8 Å². The van der Waals surface area contributed by atoms with Crippen LogP contribution in [0, 0.1) is 0 Å². The number of rotatable bonds is 9. The van der Waals surface area contributed by atoms with Crippen molar-refractivity contribution in [1.29, 1.82) is 0 Å². The van der Waals surface area contributed by atoms with Crippen LogP contribution in [0.25, 0.3) is 0 Å². The normalized spacial score (nSPS) is 13.6. The van der Waals surface area contributed by atoms with Crippen molar-refractivity contribution < 1.29 is 0 Å². The summed E-state index contributed by atoms with van der Waals surface area (Å²) < 4.78 is 0. The van der Waals surface area contributed by atoms with Crippen molar-refractivity contribution in [2.45, 2.75) is 64.0 Å². The van der Waals surface area contributed by atoms with E-state index in [0.29, 0.717) is 0 Å². The van der Waals surface area contributed by atoms with Crippen molar-refractivity contribution in [2.75, 3.05) is 6.26 Å². The topological polar surface area (TPSA) is 0 Å². The largest absolute Gasteiger partial charge is 0.162 e. The molecule has 0 rings (SSSR count). The fraction of sp³-hybridized carbons (Fsp3) is 0.846. The third-order valence-electron chi connectivity index (χ3n) is 2.58. The first-order valence-corrected chi connectivity index (χ1v) is 7.27. The van der Waals surface area contributed by atoms with Gasteiger partial charge in [-0.1, -0.05) is 38.3 Å². The molecule has 0 aromatic heterocycles. The van der Waals surface area contributed by atoms with Crippen molar-refractivity contribution in [3.8, 4) is 0 Å². The molecule has 0 aliphatic rings. The van der Waals surface area contributed by atoms with Crippen LogP contribution in [0.2, 0.25) is 0 Å². The maximum Gasteiger partial charge on any atom is 0.00441 e. The Kier molecular flexibility index (Phi) is 11.2. The summed E-state index contributed by atoms with van der Waals surface area (Å²) in [7, 11) is 0. The van der Waals surface area contributed by atoms with E-state index in [9.17, 15) is 0 Å². The first-order valence-electron chi connectivity index (χ1n) is 5.99. The third-order valence-corrected chi connectivity index (χ3v) is 3.71. The van der Waals surface area contributed by atoms with Crippen LogP contribution in [0.5, 0.6) is 0 Å². The van der Waals surface area contributed by atoms with Gasteiger partial charge in [0.15, 0.2) is 0 Å². The summed E-state index contributed by atoms with van der Waals surface area (Å²) in [4.78, 5) is 0. The van der Waals surface area contributed by atoms with E-state index >= 15 is 0 Å². The number of hydrogen-bond donors (Lipinski definition) is 0. The van der Waals surface area contributed by atoms with Crippen molar-refractivity contribution in [1.82, 2.24) is 0 Å². The highest BCUT2D eigenvalue weighted by atomic mass is 32.2. The summed E-state index contributed by atoms with van der Waals surface area (Å²) in [5, 5.41) is 0.918. The second kappa shape index (κ2) is 11.2. The zero-order chi connectivity index (χ0) is 10.6. The van der Waals surface area contributed by atoms with Crippen LogP contribution >= 0.6 is 11.8 Å². The van der Waals surface area contributed by atoms with Gasteiger partial charge in [-0.15, -0.1) is 0 Å². The SMILES string of the molecule is CC=CCCCCCC(CCC)SC. The molecule has 14 heavy (non-hydrogen) atoms. The van der Waals surface area contributed by atoms with Crippen molar-refractivity contribution >= 4 is 11.8 Å². The molecule has 84 valence electrons. The van der Waals surface area contributed by atoms with E-state index in [2.05, 4.69) is 32.3 Å². The smallest absolute Gasteiger partial charge is 0.00441 e. The van der Waals surface area contributed by atoms with E-state index in [1.165, 1.54) is 44.9 Å². The van der Waals surface area contributed by atoms with Gasteiger partial charge >= 0.3 is 0 Å². The Labute approximate surface area is 94.6 Å². The lowest BCUT2D eigenvalue weighted by molar-refractivity contribution is 0.603. The summed E-state index contributed by atoms with van der Waals surface area (Å²) >= 11 is 2.05. The molecule has 1 atom stereocenters. The average molecular weight is 214 g/mol. The minimum Gasteiger partial charge on any atom is -0.162 e. The van der Waals surface area contributed by atoms with Gasteiger partial charge in [-0.3, -0.25) is 0 Å². The number of thioether (sulfide) groups is 1. The molecule has 1 heteroatoms. The van der Waals surface area contributed by atoms with Crippen LogP contribution in [-0.2, 0) is 0 Å². The molecule has 0 amide bonds. The molecule has 0 nitrogen and oxygen atoms in total. The molecule has 0 aliphatic heterocycles. The molecule has 1 unspecified atom stereocenters. The summed E-state index contributed by atoms with van der Waals surface area (Å²) in [6.07, 6.45) is 16.3. The molecule has 0 aromatic carbocycles. The lowest BCUT2D eigenvalue weighted by atomic mass is 10.1. The van der Waals surface area contributed by atoms with E-state index in [-0.39, 0.29) is 0 Å². The van der Waals surface area contributed by atoms with Crippen LogP contribution in [-0.4, -0.2) is 11.5 Å². The molecule has 0 N–H and O–H groups in total. The first kappa shape index (κ1) is 14.1. The minimum atomic E-state index is 0.918. The molecule has 0 radical (unpaired) electrons. The summed E-state index contributed by atoms with van der Waals surface area (Å²) in [5.74, 6) is 0. The molecule has 0 heterocycles. The van der Waals surface area contributed by atoms with Crippen LogP contribution in [0.3, 0.4) is 0 Å². The van der Waals surface area contributed by atoms with Gasteiger partial charge in [0, 0.05) is 5.25 Å². The monoisotopic (exact) mass is 214 g/mol. The van der Waals surface area contributed by atoms with Gasteiger partial charge in [0.25, 0.3) is 0 Å². The van der Waals surface area contributed by atoms with E-state index in [4.69, 9.17) is 0 Å². The second-order valence-corrected chi connectivity index (χ2v) is 4.99. The lowest BCUT2D eigenvalue weighted by Crippen LogP contribution is -2.00. The Morgan fingerprint density at radius 2 is 1.93 bits per heavy atom. The maximum absolute atomic E-state index is 2.29. The highest BCUT2D eigenvalue weighted by Crippen LogP contribution is 2.20. The number of allylic oxidation sites excluding steroid dienone is 2. The van der Waals surface area contributed by atoms with Crippen LogP contribution in [0.1, 0.15) is 58.8 Å². The van der Waals surface area contributed by atoms with Gasteiger partial charge in [-0.25, -0.2) is 0 Å². The first-order chi connectivity index (χ1) is 6.85. The number of hydrogen-bond acceptors (Lipinski definition) is 1. The molecular formula is C13H26S. The maximum atomic E-state index is 2.29. The summed E-state index contributed by atoms with van der Waals surface area (Å²) in [5.41, 5.74) is 0.